The van der Waals surface area contributed by atoms with Crippen LogP contribution in [0.3, 0.4) is 0 Å². The van der Waals surface area contributed by atoms with Crippen molar-refractivity contribution in [3.8, 4) is 6.07 Å². The Kier molecular flexibility index (Phi) is 3.31. The lowest BCUT2D eigenvalue weighted by molar-refractivity contribution is 0.542. The number of anilines is 1. The van der Waals surface area contributed by atoms with Crippen molar-refractivity contribution in [2.24, 2.45) is 5.92 Å². The Bertz CT molecular complexity index is 589. The van der Waals surface area contributed by atoms with Gasteiger partial charge in [-0.05, 0) is 30.9 Å². The summed E-state index contributed by atoms with van der Waals surface area (Å²) in [6, 6.07) is 9.32. The maximum atomic E-state index is 12.3. The molecule has 1 aliphatic rings. The van der Waals surface area contributed by atoms with Gasteiger partial charge in [0.2, 0.25) is 0 Å². The Labute approximate surface area is 108 Å². The van der Waals surface area contributed by atoms with Crippen LogP contribution in [0.4, 0.5) is 5.69 Å². The quantitative estimate of drug-likeness (QED) is 0.820. The van der Waals surface area contributed by atoms with Crippen LogP contribution in [0.5, 0.6) is 0 Å². The van der Waals surface area contributed by atoms with Gasteiger partial charge in [0, 0.05) is 6.54 Å². The third kappa shape index (κ3) is 2.08. The minimum Gasteiger partial charge on any atom is -0.269 e. The van der Waals surface area contributed by atoms with E-state index in [4.69, 9.17) is 5.26 Å². The van der Waals surface area contributed by atoms with Gasteiger partial charge >= 0.3 is 0 Å². The molecular weight excluding hydrogens is 248 g/mol. The van der Waals surface area contributed by atoms with Crippen LogP contribution < -0.4 is 4.31 Å². The minimum absolute atomic E-state index is 0.264. The lowest BCUT2D eigenvalue weighted by atomic mass is 9.96. The average molecular weight is 264 g/mol. The number of hydrogen-bond donors (Lipinski definition) is 0. The van der Waals surface area contributed by atoms with Crippen LogP contribution in [-0.4, -0.2) is 20.2 Å². The van der Waals surface area contributed by atoms with Crippen LogP contribution in [0.25, 0.3) is 0 Å². The van der Waals surface area contributed by atoms with Crippen molar-refractivity contribution in [3.05, 3.63) is 29.8 Å². The number of benzene rings is 1. The summed E-state index contributed by atoms with van der Waals surface area (Å²) in [5, 5.41) is 7.84. The Morgan fingerprint density at radius 1 is 1.44 bits per heavy atom. The molecule has 0 amide bonds. The van der Waals surface area contributed by atoms with Crippen LogP contribution in [0, 0.1) is 17.2 Å². The fourth-order valence-corrected chi connectivity index (χ4v) is 3.68. The number of para-hydroxylation sites is 1. The number of fused-ring (bicyclic) bond motifs is 1. The molecule has 96 valence electrons. The zero-order valence-corrected chi connectivity index (χ0v) is 11.3. The van der Waals surface area contributed by atoms with Crippen LogP contribution in [0.1, 0.15) is 19.4 Å². The van der Waals surface area contributed by atoms with Crippen LogP contribution in [-0.2, 0) is 16.4 Å². The molecule has 2 unspecified atom stereocenters. The molecule has 0 aromatic heterocycles. The van der Waals surface area contributed by atoms with Crippen LogP contribution in [0.15, 0.2) is 24.3 Å². The van der Waals surface area contributed by atoms with Gasteiger partial charge in [-0.2, -0.15) is 5.26 Å². The maximum absolute atomic E-state index is 12.3. The number of nitrogens with zero attached hydrogens (tertiary/aromatic N) is 2. The monoisotopic (exact) mass is 264 g/mol. The molecule has 2 rings (SSSR count). The van der Waals surface area contributed by atoms with E-state index in [1.54, 1.807) is 0 Å². The van der Waals surface area contributed by atoms with Gasteiger partial charge < -0.3 is 0 Å². The first kappa shape index (κ1) is 12.9. The summed E-state index contributed by atoms with van der Waals surface area (Å²) in [6.45, 7) is 3.90. The van der Waals surface area contributed by atoms with Gasteiger partial charge in [0.1, 0.15) is 0 Å². The second kappa shape index (κ2) is 4.62. The molecule has 0 spiro atoms. The van der Waals surface area contributed by atoms with Gasteiger partial charge in [0.05, 0.1) is 11.8 Å². The van der Waals surface area contributed by atoms with E-state index in [0.29, 0.717) is 6.54 Å². The molecule has 0 N–H and O–H groups in total. The topological polar surface area (TPSA) is 61.2 Å². The van der Waals surface area contributed by atoms with Crippen molar-refractivity contribution < 1.29 is 8.42 Å². The number of sulfonamides is 1. The molecular formula is C13H16N2O2S. The van der Waals surface area contributed by atoms with E-state index < -0.39 is 15.3 Å². The number of hydrogen-bond acceptors (Lipinski definition) is 3. The second-order valence-corrected chi connectivity index (χ2v) is 6.96. The molecule has 18 heavy (non-hydrogen) atoms. The number of rotatable bonds is 2. The molecule has 0 saturated carbocycles. The zero-order chi connectivity index (χ0) is 13.3. The maximum Gasteiger partial charge on any atom is 0.251 e. The van der Waals surface area contributed by atoms with Crippen molar-refractivity contribution in [3.63, 3.8) is 0 Å². The average Bonchev–Trinajstić information content (AvgIpc) is 2.36. The Morgan fingerprint density at radius 3 is 2.78 bits per heavy atom. The summed E-state index contributed by atoms with van der Waals surface area (Å²) >= 11 is 0. The molecule has 1 aromatic carbocycles. The number of nitriles is 1. The van der Waals surface area contributed by atoms with Gasteiger partial charge in [-0.25, -0.2) is 8.42 Å². The largest absolute Gasteiger partial charge is 0.269 e. The highest BCUT2D eigenvalue weighted by molar-refractivity contribution is 7.93. The molecule has 2 atom stereocenters. The Morgan fingerprint density at radius 2 is 2.11 bits per heavy atom. The van der Waals surface area contributed by atoms with E-state index >= 15 is 0 Å². The Hall–Kier alpha value is -1.54. The zero-order valence-electron chi connectivity index (χ0n) is 10.5. The van der Waals surface area contributed by atoms with Gasteiger partial charge in [-0.15, -0.1) is 0 Å². The summed E-state index contributed by atoms with van der Waals surface area (Å²) in [5.74, 6) is 0.264. The lowest BCUT2D eigenvalue weighted by Crippen LogP contribution is -2.43. The molecule has 0 aliphatic carbocycles. The highest BCUT2D eigenvalue weighted by atomic mass is 32.2. The molecule has 0 radical (unpaired) electrons. The summed E-state index contributed by atoms with van der Waals surface area (Å²) in [7, 11) is -3.59. The van der Waals surface area contributed by atoms with E-state index in [9.17, 15) is 8.42 Å². The van der Waals surface area contributed by atoms with Crippen molar-refractivity contribution in [1.82, 2.24) is 0 Å². The molecule has 1 aliphatic heterocycles. The smallest absolute Gasteiger partial charge is 0.251 e. The van der Waals surface area contributed by atoms with Crippen LogP contribution >= 0.6 is 0 Å². The van der Waals surface area contributed by atoms with Gasteiger partial charge in [0.25, 0.3) is 10.0 Å². The fraction of sp³-hybridized carbons (Fsp3) is 0.462. The molecule has 0 bridgehead atoms. The summed E-state index contributed by atoms with van der Waals surface area (Å²) in [5.41, 5.74) is 1.75. The summed E-state index contributed by atoms with van der Waals surface area (Å²) < 4.78 is 26.0. The molecule has 5 heteroatoms. The standard InChI is InChI=1S/C13H16N2O2S/c1-10-7-12-5-3-4-6-13(12)15(9-10)18(16,17)11(2)8-14/h3-6,10-11H,7,9H2,1-2H3. The molecule has 1 heterocycles. The first-order valence-electron chi connectivity index (χ1n) is 5.96. The second-order valence-electron chi connectivity index (χ2n) is 4.79. The van der Waals surface area contributed by atoms with Crippen molar-refractivity contribution in [2.45, 2.75) is 25.5 Å². The predicted octanol–water partition coefficient (Wildman–Crippen LogP) is 1.93. The first-order chi connectivity index (χ1) is 8.46. The third-order valence-electron chi connectivity index (χ3n) is 3.24. The van der Waals surface area contributed by atoms with Crippen molar-refractivity contribution in [2.75, 3.05) is 10.8 Å². The predicted molar refractivity (Wildman–Crippen MR) is 70.7 cm³/mol. The van der Waals surface area contributed by atoms with E-state index in [1.165, 1.54) is 11.2 Å². The van der Waals surface area contributed by atoms with Gasteiger partial charge in [-0.3, -0.25) is 4.31 Å². The highest BCUT2D eigenvalue weighted by Gasteiger charge is 2.34. The molecule has 0 fully saturated rings. The Balaban J connectivity index is 2.51. The van der Waals surface area contributed by atoms with E-state index in [2.05, 4.69) is 0 Å². The fourth-order valence-electron chi connectivity index (χ4n) is 2.25. The SMILES string of the molecule is CC1Cc2ccccc2N(S(=O)(=O)C(C)C#N)C1. The van der Waals surface area contributed by atoms with E-state index in [1.807, 2.05) is 37.3 Å². The van der Waals surface area contributed by atoms with Gasteiger partial charge in [0.15, 0.2) is 5.25 Å². The summed E-state index contributed by atoms with van der Waals surface area (Å²) in [4.78, 5) is 0. The first-order valence-corrected chi connectivity index (χ1v) is 7.46. The summed E-state index contributed by atoms with van der Waals surface area (Å²) in [6.07, 6.45) is 0.878. The molecule has 4 nitrogen and oxygen atoms in total. The van der Waals surface area contributed by atoms with Crippen molar-refractivity contribution in [1.29, 1.82) is 5.26 Å². The third-order valence-corrected chi connectivity index (χ3v) is 5.20. The minimum atomic E-state index is -3.59. The molecule has 1 aromatic rings. The normalized spacial score (nSPS) is 20.9. The molecule has 0 saturated heterocycles. The van der Waals surface area contributed by atoms with E-state index in [0.717, 1.165) is 17.7 Å². The lowest BCUT2D eigenvalue weighted by Gasteiger charge is -2.34. The van der Waals surface area contributed by atoms with Crippen LogP contribution in [0.2, 0.25) is 0 Å². The van der Waals surface area contributed by atoms with Gasteiger partial charge in [-0.1, -0.05) is 25.1 Å². The van der Waals surface area contributed by atoms with Crippen molar-refractivity contribution >= 4 is 15.7 Å². The highest BCUT2D eigenvalue weighted by Crippen LogP contribution is 2.32. The van der Waals surface area contributed by atoms with E-state index in [-0.39, 0.29) is 5.92 Å².